The van der Waals surface area contributed by atoms with Gasteiger partial charge in [-0.25, -0.2) is 13.8 Å². The predicted octanol–water partition coefficient (Wildman–Crippen LogP) is 4.66. The van der Waals surface area contributed by atoms with Crippen LogP contribution in [0.15, 0.2) is 35.9 Å². The fraction of sp³-hybridized carbons (Fsp3) is 0.471. The van der Waals surface area contributed by atoms with Crippen molar-refractivity contribution in [2.45, 2.75) is 31.3 Å². The summed E-state index contributed by atoms with van der Waals surface area (Å²) in [6.45, 7) is 0. The molecule has 3 fully saturated rings. The summed E-state index contributed by atoms with van der Waals surface area (Å²) >= 11 is 11.7. The first-order valence-electron chi connectivity index (χ1n) is 8.01. The highest BCUT2D eigenvalue weighted by Gasteiger charge is 2.63. The van der Waals surface area contributed by atoms with Crippen molar-refractivity contribution < 1.29 is 13.5 Å². The number of hydrogen-bond acceptors (Lipinski definition) is 3. The molecule has 0 aromatic carbocycles. The minimum atomic E-state index is -1.89. The maximum absolute atomic E-state index is 14.8. The van der Waals surface area contributed by atoms with E-state index >= 15 is 0 Å². The van der Waals surface area contributed by atoms with Crippen LogP contribution in [-0.4, -0.2) is 23.5 Å². The quantitative estimate of drug-likeness (QED) is 0.558. The molecule has 2 bridgehead atoms. The van der Waals surface area contributed by atoms with Crippen LogP contribution in [0.1, 0.15) is 12.8 Å². The van der Waals surface area contributed by atoms with Crippen molar-refractivity contribution >= 4 is 28.9 Å². The van der Waals surface area contributed by atoms with Gasteiger partial charge in [0.1, 0.15) is 5.15 Å². The molecule has 4 aliphatic rings. The number of anilines is 1. The maximum Gasteiger partial charge on any atom is 0.228 e. The topological polar surface area (TPSA) is 25.4 Å². The van der Waals surface area contributed by atoms with Gasteiger partial charge in [-0.3, -0.25) is 0 Å². The SMILES string of the molecule is FC1=C([C@@H]2C[C@H]3O[C@H]2[C@H]2C[C@H]23)C=CN(c2cnc(Cl)c(Cl)c2)C1F. The molecular weight excluding hydrogens is 357 g/mol. The van der Waals surface area contributed by atoms with Crippen LogP contribution in [0, 0.1) is 17.8 Å². The van der Waals surface area contributed by atoms with Crippen molar-refractivity contribution in [3.63, 3.8) is 0 Å². The molecule has 1 aliphatic carbocycles. The average molecular weight is 371 g/mol. The molecule has 0 N–H and O–H groups in total. The predicted molar refractivity (Wildman–Crippen MR) is 87.3 cm³/mol. The van der Waals surface area contributed by atoms with E-state index in [-0.39, 0.29) is 28.3 Å². The van der Waals surface area contributed by atoms with Crippen molar-refractivity contribution in [2.75, 3.05) is 4.90 Å². The highest BCUT2D eigenvalue weighted by atomic mass is 35.5. The van der Waals surface area contributed by atoms with E-state index in [9.17, 15) is 8.78 Å². The van der Waals surface area contributed by atoms with E-state index in [1.807, 2.05) is 0 Å². The third-order valence-electron chi connectivity index (χ3n) is 5.63. The molecule has 0 radical (unpaired) electrons. The van der Waals surface area contributed by atoms with Gasteiger partial charge in [0.2, 0.25) is 6.30 Å². The van der Waals surface area contributed by atoms with Crippen LogP contribution in [-0.2, 0) is 4.74 Å². The van der Waals surface area contributed by atoms with Gasteiger partial charge in [0.25, 0.3) is 0 Å². The molecule has 7 heteroatoms. The Morgan fingerprint density at radius 1 is 1.25 bits per heavy atom. The van der Waals surface area contributed by atoms with Gasteiger partial charge in [0.05, 0.1) is 29.1 Å². The molecule has 1 aromatic heterocycles. The maximum atomic E-state index is 14.8. The summed E-state index contributed by atoms with van der Waals surface area (Å²) in [4.78, 5) is 5.06. The van der Waals surface area contributed by atoms with E-state index in [2.05, 4.69) is 4.98 Å². The molecule has 24 heavy (non-hydrogen) atoms. The number of alkyl halides is 1. The fourth-order valence-electron chi connectivity index (χ4n) is 4.40. The van der Waals surface area contributed by atoms with E-state index in [1.54, 1.807) is 12.3 Å². The Balaban J connectivity index is 1.43. The minimum Gasteiger partial charge on any atom is -0.374 e. The number of ether oxygens (including phenoxy) is 1. The summed E-state index contributed by atoms with van der Waals surface area (Å²) in [6.07, 6.45) is 4.92. The Morgan fingerprint density at radius 2 is 2.08 bits per heavy atom. The summed E-state index contributed by atoms with van der Waals surface area (Å²) < 4.78 is 35.4. The van der Waals surface area contributed by atoms with Crippen LogP contribution in [0.2, 0.25) is 10.2 Å². The molecule has 1 aromatic rings. The Kier molecular flexibility index (Phi) is 3.25. The summed E-state index contributed by atoms with van der Waals surface area (Å²) in [5, 5.41) is 0.331. The second-order valence-electron chi connectivity index (χ2n) is 6.87. The van der Waals surface area contributed by atoms with Crippen LogP contribution < -0.4 is 4.90 Å². The van der Waals surface area contributed by atoms with Crippen molar-refractivity contribution in [1.29, 1.82) is 0 Å². The monoisotopic (exact) mass is 370 g/mol. The van der Waals surface area contributed by atoms with Gasteiger partial charge in [0, 0.05) is 12.1 Å². The van der Waals surface area contributed by atoms with Gasteiger partial charge in [-0.2, -0.15) is 0 Å². The number of fused-ring (bicyclic) bond motifs is 5. The molecular formula is C17H14Cl2F2N2O. The number of rotatable bonds is 2. The van der Waals surface area contributed by atoms with Gasteiger partial charge in [-0.05, 0) is 42.4 Å². The van der Waals surface area contributed by atoms with Gasteiger partial charge in [-0.1, -0.05) is 23.2 Å². The summed E-state index contributed by atoms with van der Waals surface area (Å²) in [5.74, 6) is 0.407. The van der Waals surface area contributed by atoms with Gasteiger partial charge in [0.15, 0.2) is 5.83 Å². The number of halogens is 4. The molecule has 1 unspecified atom stereocenters. The van der Waals surface area contributed by atoms with Crippen molar-refractivity contribution in [2.24, 2.45) is 17.8 Å². The van der Waals surface area contributed by atoms with Crippen LogP contribution >= 0.6 is 23.2 Å². The first-order chi connectivity index (χ1) is 11.5. The number of aromatic nitrogens is 1. The Morgan fingerprint density at radius 3 is 2.79 bits per heavy atom. The molecule has 3 aliphatic heterocycles. The fourth-order valence-corrected chi connectivity index (χ4v) is 4.67. The van der Waals surface area contributed by atoms with E-state index in [0.717, 1.165) is 6.42 Å². The minimum absolute atomic E-state index is 0.0395. The second kappa shape index (κ2) is 5.16. The Bertz CT molecular complexity index is 784. The van der Waals surface area contributed by atoms with E-state index in [4.69, 9.17) is 27.9 Å². The molecule has 5 rings (SSSR count). The van der Waals surface area contributed by atoms with Crippen LogP contribution in [0.25, 0.3) is 0 Å². The Labute approximate surface area is 147 Å². The lowest BCUT2D eigenvalue weighted by atomic mass is 9.82. The second-order valence-corrected chi connectivity index (χ2v) is 7.64. The smallest absolute Gasteiger partial charge is 0.228 e. The molecule has 0 amide bonds. The number of nitrogens with zero attached hydrogens (tertiary/aromatic N) is 2. The standard InChI is InChI=1S/C17H14Cl2F2N2O/c18-12-3-7(6-22-16(12)19)23-2-1-8(14(20)17(23)21)11-5-13-9-4-10(9)15(11)24-13/h1-3,6,9-11,13,15,17H,4-5H2/t9-,10+,11+,13-,15+,17?/m1/s1. The summed E-state index contributed by atoms with van der Waals surface area (Å²) in [6, 6.07) is 1.47. The number of allylic oxidation sites excluding steroid dienone is 1. The molecule has 4 heterocycles. The average Bonchev–Trinajstić information content (AvgIpc) is 3.17. The third-order valence-corrected chi connectivity index (χ3v) is 6.31. The summed E-state index contributed by atoms with van der Waals surface area (Å²) in [7, 11) is 0. The highest BCUT2D eigenvalue weighted by Crippen LogP contribution is 2.62. The van der Waals surface area contributed by atoms with Gasteiger partial charge >= 0.3 is 0 Å². The number of pyridine rings is 1. The van der Waals surface area contributed by atoms with E-state index < -0.39 is 12.1 Å². The number of hydrogen-bond donors (Lipinski definition) is 0. The molecule has 6 atom stereocenters. The first kappa shape index (κ1) is 15.1. The first-order valence-corrected chi connectivity index (χ1v) is 8.77. The van der Waals surface area contributed by atoms with Crippen molar-refractivity contribution in [1.82, 2.24) is 4.98 Å². The van der Waals surface area contributed by atoms with Crippen molar-refractivity contribution in [3.8, 4) is 0 Å². The molecule has 126 valence electrons. The summed E-state index contributed by atoms with van der Waals surface area (Å²) in [5.41, 5.74) is 0.790. The van der Waals surface area contributed by atoms with Crippen LogP contribution in [0.5, 0.6) is 0 Å². The highest BCUT2D eigenvalue weighted by molar-refractivity contribution is 6.41. The normalized spacial score (nSPS) is 39.6. The van der Waals surface area contributed by atoms with Crippen molar-refractivity contribution in [3.05, 3.63) is 46.1 Å². The lowest BCUT2D eigenvalue weighted by Crippen LogP contribution is -2.33. The van der Waals surface area contributed by atoms with E-state index in [1.165, 1.54) is 23.6 Å². The Hall–Kier alpha value is -1.17. The molecule has 1 saturated carbocycles. The third kappa shape index (κ3) is 2.07. The van der Waals surface area contributed by atoms with E-state index in [0.29, 0.717) is 23.1 Å². The lowest BCUT2D eigenvalue weighted by Gasteiger charge is -2.31. The molecule has 2 saturated heterocycles. The van der Waals surface area contributed by atoms with Gasteiger partial charge < -0.3 is 9.64 Å². The van der Waals surface area contributed by atoms with Crippen LogP contribution in [0.4, 0.5) is 14.5 Å². The molecule has 0 spiro atoms. The zero-order valence-electron chi connectivity index (χ0n) is 12.5. The lowest BCUT2D eigenvalue weighted by molar-refractivity contribution is 0.0647. The molecule has 3 nitrogen and oxygen atoms in total. The largest absolute Gasteiger partial charge is 0.374 e. The van der Waals surface area contributed by atoms with Crippen LogP contribution in [0.3, 0.4) is 0 Å². The zero-order chi connectivity index (χ0) is 16.6. The van der Waals surface area contributed by atoms with Gasteiger partial charge in [-0.15, -0.1) is 0 Å². The zero-order valence-corrected chi connectivity index (χ0v) is 14.0.